The molecule has 5 nitrogen and oxygen atoms in total. The van der Waals surface area contributed by atoms with Gasteiger partial charge in [0, 0.05) is 24.7 Å². The fraction of sp³-hybridized carbons (Fsp3) is 0.412. The molecule has 0 atom stereocenters. The molecule has 116 valence electrons. The summed E-state index contributed by atoms with van der Waals surface area (Å²) < 4.78 is 1.37. The number of aliphatic hydroxyl groups is 1. The Balaban J connectivity index is 1.80. The van der Waals surface area contributed by atoms with E-state index < -0.39 is 5.60 Å². The van der Waals surface area contributed by atoms with Crippen LogP contribution in [0.5, 0.6) is 0 Å². The standard InChI is InChI=1S/C17H21N3O2/c1-19-9-7-17(22,8-10-19)13-20-16(21)11-15(12-18-20)14-5-3-2-4-6-14/h2-6,11-12,22H,7-10,13H2,1H3. The fourth-order valence-electron chi connectivity index (χ4n) is 2.81. The van der Waals surface area contributed by atoms with Crippen LogP contribution in [0.3, 0.4) is 0 Å². The highest BCUT2D eigenvalue weighted by Crippen LogP contribution is 2.23. The number of aromatic nitrogens is 2. The first-order valence-corrected chi connectivity index (χ1v) is 7.59. The largest absolute Gasteiger partial charge is 0.388 e. The lowest BCUT2D eigenvalue weighted by Crippen LogP contribution is -2.47. The summed E-state index contributed by atoms with van der Waals surface area (Å²) in [5.74, 6) is 0. The minimum absolute atomic E-state index is 0.172. The molecular formula is C17H21N3O2. The molecule has 1 fully saturated rings. The third-order valence-electron chi connectivity index (χ3n) is 4.34. The zero-order valence-corrected chi connectivity index (χ0v) is 12.8. The van der Waals surface area contributed by atoms with Gasteiger partial charge in [0.05, 0.1) is 18.3 Å². The monoisotopic (exact) mass is 299 g/mol. The Morgan fingerprint density at radius 1 is 1.18 bits per heavy atom. The van der Waals surface area contributed by atoms with Gasteiger partial charge in [-0.25, -0.2) is 4.68 Å². The van der Waals surface area contributed by atoms with Crippen LogP contribution in [-0.4, -0.2) is 45.5 Å². The quantitative estimate of drug-likeness (QED) is 0.930. The summed E-state index contributed by atoms with van der Waals surface area (Å²) in [6.07, 6.45) is 3.02. The summed E-state index contributed by atoms with van der Waals surface area (Å²) in [5, 5.41) is 14.9. The maximum atomic E-state index is 12.3. The number of benzene rings is 1. The van der Waals surface area contributed by atoms with Crippen molar-refractivity contribution in [3.05, 3.63) is 52.9 Å². The van der Waals surface area contributed by atoms with Crippen LogP contribution < -0.4 is 5.56 Å². The van der Waals surface area contributed by atoms with Gasteiger partial charge < -0.3 is 10.0 Å². The molecule has 2 heterocycles. The number of hydrogen-bond acceptors (Lipinski definition) is 4. The normalized spacial score (nSPS) is 18.3. The van der Waals surface area contributed by atoms with E-state index in [0.717, 1.165) is 24.2 Å². The van der Waals surface area contributed by atoms with Crippen molar-refractivity contribution in [2.75, 3.05) is 20.1 Å². The van der Waals surface area contributed by atoms with E-state index in [4.69, 9.17) is 0 Å². The minimum Gasteiger partial charge on any atom is -0.388 e. The highest BCUT2D eigenvalue weighted by atomic mass is 16.3. The van der Waals surface area contributed by atoms with E-state index in [9.17, 15) is 9.90 Å². The van der Waals surface area contributed by atoms with Gasteiger partial charge in [-0.3, -0.25) is 4.79 Å². The molecule has 0 unspecified atom stereocenters. The average Bonchev–Trinajstić information content (AvgIpc) is 2.53. The lowest BCUT2D eigenvalue weighted by atomic mass is 9.91. The molecule has 1 aromatic heterocycles. The molecular weight excluding hydrogens is 278 g/mol. The number of hydrogen-bond donors (Lipinski definition) is 1. The van der Waals surface area contributed by atoms with Crippen LogP contribution in [0.2, 0.25) is 0 Å². The summed E-state index contributed by atoms with van der Waals surface area (Å²) in [6, 6.07) is 11.3. The second kappa shape index (κ2) is 6.02. The molecule has 3 rings (SSSR count). The lowest BCUT2D eigenvalue weighted by Gasteiger charge is -2.36. The molecule has 5 heteroatoms. The second-order valence-corrected chi connectivity index (χ2v) is 6.13. The van der Waals surface area contributed by atoms with Gasteiger partial charge in [0.25, 0.3) is 5.56 Å². The molecule has 1 N–H and O–H groups in total. The van der Waals surface area contributed by atoms with Crippen molar-refractivity contribution >= 4 is 0 Å². The Hall–Kier alpha value is -1.98. The Morgan fingerprint density at radius 3 is 2.50 bits per heavy atom. The lowest BCUT2D eigenvalue weighted by molar-refractivity contribution is -0.0325. The van der Waals surface area contributed by atoms with Crippen LogP contribution in [0.1, 0.15) is 12.8 Å². The summed E-state index contributed by atoms with van der Waals surface area (Å²) in [4.78, 5) is 14.5. The van der Waals surface area contributed by atoms with Crippen LogP contribution in [0, 0.1) is 0 Å². The van der Waals surface area contributed by atoms with E-state index in [2.05, 4.69) is 10.00 Å². The summed E-state index contributed by atoms with van der Waals surface area (Å²) >= 11 is 0. The molecule has 0 radical (unpaired) electrons. The zero-order valence-electron chi connectivity index (χ0n) is 12.8. The molecule has 1 aliphatic heterocycles. The van der Waals surface area contributed by atoms with Crippen molar-refractivity contribution in [3.63, 3.8) is 0 Å². The summed E-state index contributed by atoms with van der Waals surface area (Å²) in [7, 11) is 2.04. The van der Waals surface area contributed by atoms with Crippen molar-refractivity contribution < 1.29 is 5.11 Å². The van der Waals surface area contributed by atoms with Gasteiger partial charge in [0.1, 0.15) is 0 Å². The van der Waals surface area contributed by atoms with Crippen molar-refractivity contribution in [2.45, 2.75) is 25.0 Å². The molecule has 2 aromatic rings. The number of piperidine rings is 1. The first-order chi connectivity index (χ1) is 10.6. The third-order valence-corrected chi connectivity index (χ3v) is 4.34. The van der Waals surface area contributed by atoms with E-state index in [0.29, 0.717) is 12.8 Å². The van der Waals surface area contributed by atoms with Crippen LogP contribution >= 0.6 is 0 Å². The van der Waals surface area contributed by atoms with Crippen molar-refractivity contribution in [1.82, 2.24) is 14.7 Å². The Kier molecular flexibility index (Phi) is 4.09. The SMILES string of the molecule is CN1CCC(O)(Cn2ncc(-c3ccccc3)cc2=O)CC1. The molecule has 0 aliphatic carbocycles. The summed E-state index contributed by atoms with van der Waals surface area (Å²) in [5.41, 5.74) is 0.764. The predicted molar refractivity (Wildman–Crippen MR) is 85.6 cm³/mol. The smallest absolute Gasteiger partial charge is 0.267 e. The van der Waals surface area contributed by atoms with Gasteiger partial charge in [0.15, 0.2) is 0 Å². The van der Waals surface area contributed by atoms with E-state index in [-0.39, 0.29) is 12.1 Å². The van der Waals surface area contributed by atoms with E-state index >= 15 is 0 Å². The molecule has 1 aromatic carbocycles. The van der Waals surface area contributed by atoms with Crippen LogP contribution in [0.4, 0.5) is 0 Å². The van der Waals surface area contributed by atoms with E-state index in [1.807, 2.05) is 37.4 Å². The fourth-order valence-corrected chi connectivity index (χ4v) is 2.81. The highest BCUT2D eigenvalue weighted by Gasteiger charge is 2.32. The summed E-state index contributed by atoms with van der Waals surface area (Å²) in [6.45, 7) is 1.94. The first-order valence-electron chi connectivity index (χ1n) is 7.59. The second-order valence-electron chi connectivity index (χ2n) is 6.13. The van der Waals surface area contributed by atoms with Gasteiger partial charge in [-0.2, -0.15) is 5.10 Å². The van der Waals surface area contributed by atoms with Crippen LogP contribution in [0.25, 0.3) is 11.1 Å². The zero-order chi connectivity index (χ0) is 15.6. The third kappa shape index (κ3) is 3.26. The maximum Gasteiger partial charge on any atom is 0.267 e. The van der Waals surface area contributed by atoms with Gasteiger partial charge >= 0.3 is 0 Å². The molecule has 1 saturated heterocycles. The van der Waals surface area contributed by atoms with Gasteiger partial charge in [-0.15, -0.1) is 0 Å². The van der Waals surface area contributed by atoms with Crippen LogP contribution in [0.15, 0.2) is 47.4 Å². The first kappa shape index (κ1) is 14.9. The predicted octanol–water partition coefficient (Wildman–Crippen LogP) is 1.37. The van der Waals surface area contributed by atoms with Crippen molar-refractivity contribution in [2.24, 2.45) is 0 Å². The average molecular weight is 299 g/mol. The number of rotatable bonds is 3. The maximum absolute atomic E-state index is 12.3. The Labute approximate surface area is 129 Å². The number of likely N-dealkylation sites (tertiary alicyclic amines) is 1. The molecule has 0 saturated carbocycles. The Bertz CT molecular complexity index is 689. The van der Waals surface area contributed by atoms with E-state index in [1.54, 1.807) is 12.3 Å². The molecule has 0 spiro atoms. The molecule has 0 amide bonds. The molecule has 0 bridgehead atoms. The van der Waals surface area contributed by atoms with Crippen molar-refractivity contribution in [1.29, 1.82) is 0 Å². The molecule has 22 heavy (non-hydrogen) atoms. The Morgan fingerprint density at radius 2 is 1.86 bits per heavy atom. The van der Waals surface area contributed by atoms with Crippen LogP contribution in [-0.2, 0) is 6.54 Å². The van der Waals surface area contributed by atoms with Crippen molar-refractivity contribution in [3.8, 4) is 11.1 Å². The van der Waals surface area contributed by atoms with E-state index in [1.165, 1.54) is 4.68 Å². The van der Waals surface area contributed by atoms with Gasteiger partial charge in [-0.05, 0) is 25.5 Å². The topological polar surface area (TPSA) is 58.4 Å². The van der Waals surface area contributed by atoms with Gasteiger partial charge in [0.2, 0.25) is 0 Å². The highest BCUT2D eigenvalue weighted by molar-refractivity contribution is 5.61. The number of nitrogens with zero attached hydrogens (tertiary/aromatic N) is 3. The molecule has 1 aliphatic rings. The van der Waals surface area contributed by atoms with Gasteiger partial charge in [-0.1, -0.05) is 30.3 Å². The minimum atomic E-state index is -0.836.